The van der Waals surface area contributed by atoms with Gasteiger partial charge in [0, 0.05) is 50.6 Å². The second-order valence-corrected chi connectivity index (χ2v) is 6.39. The Kier molecular flexibility index (Phi) is 9.23. The van der Waals surface area contributed by atoms with Crippen LogP contribution in [0, 0.1) is 5.92 Å². The topological polar surface area (TPSA) is 82.3 Å². The average molecular weight is 379 g/mol. The summed E-state index contributed by atoms with van der Waals surface area (Å²) in [6, 6.07) is 2.40. The highest BCUT2D eigenvalue weighted by molar-refractivity contribution is 5.85. The van der Waals surface area contributed by atoms with E-state index in [0.717, 1.165) is 62.8 Å². The van der Waals surface area contributed by atoms with Crippen molar-refractivity contribution in [3.8, 4) is 0 Å². The highest BCUT2D eigenvalue weighted by atomic mass is 35.5. The molecule has 0 unspecified atom stereocenters. The number of ether oxygens (including phenoxy) is 2. The Hall–Kier alpha value is -0.660. The van der Waals surface area contributed by atoms with E-state index in [1.54, 1.807) is 7.11 Å². The summed E-state index contributed by atoms with van der Waals surface area (Å²) in [5.74, 6) is 2.78. The molecule has 1 aromatic rings. The highest BCUT2D eigenvalue weighted by Gasteiger charge is 2.29. The summed E-state index contributed by atoms with van der Waals surface area (Å²) in [5, 5.41) is 3.47. The number of hydrogen-bond donors (Lipinski definition) is 2. The zero-order chi connectivity index (χ0) is 15.4. The van der Waals surface area contributed by atoms with Gasteiger partial charge in [-0.15, -0.1) is 24.8 Å². The van der Waals surface area contributed by atoms with Crippen molar-refractivity contribution in [2.24, 2.45) is 11.7 Å². The van der Waals surface area contributed by atoms with Gasteiger partial charge in [0.05, 0.1) is 0 Å². The van der Waals surface area contributed by atoms with Gasteiger partial charge in [0.1, 0.15) is 12.4 Å². The number of aromatic nitrogens is 2. The van der Waals surface area contributed by atoms with Crippen LogP contribution >= 0.6 is 24.8 Å². The number of methoxy groups -OCH3 is 1. The standard InChI is InChI=1S/C16H26N4O2.2ClH/c1-21-10-16-19-14(12-6-13(17)7-12)8-15(20-16)18-9-11-2-4-22-5-3-11;;/h8,11-13H,2-7,9-10,17H2,1H3,(H,18,19,20);2*1H. The summed E-state index contributed by atoms with van der Waals surface area (Å²) >= 11 is 0. The molecule has 6 nitrogen and oxygen atoms in total. The lowest BCUT2D eigenvalue weighted by atomic mass is 9.78. The fourth-order valence-electron chi connectivity index (χ4n) is 3.11. The number of halogens is 2. The van der Waals surface area contributed by atoms with Gasteiger partial charge >= 0.3 is 0 Å². The Bertz CT molecular complexity index is 495. The molecule has 3 N–H and O–H groups in total. The van der Waals surface area contributed by atoms with E-state index in [1.165, 1.54) is 0 Å². The lowest BCUT2D eigenvalue weighted by Crippen LogP contribution is -2.35. The quantitative estimate of drug-likeness (QED) is 0.791. The van der Waals surface area contributed by atoms with Crippen LogP contribution in [0.25, 0.3) is 0 Å². The van der Waals surface area contributed by atoms with Crippen LogP contribution in [0.1, 0.15) is 43.1 Å². The van der Waals surface area contributed by atoms with Crippen LogP contribution in [0.2, 0.25) is 0 Å². The monoisotopic (exact) mass is 378 g/mol. The molecule has 3 rings (SSSR count). The van der Waals surface area contributed by atoms with Crippen LogP contribution < -0.4 is 11.1 Å². The molecule has 0 atom stereocenters. The second kappa shape index (κ2) is 10.4. The third-order valence-corrected chi connectivity index (χ3v) is 4.57. The van der Waals surface area contributed by atoms with Gasteiger partial charge in [-0.25, -0.2) is 9.97 Å². The molecule has 1 aliphatic heterocycles. The predicted octanol–water partition coefficient (Wildman–Crippen LogP) is 2.51. The third kappa shape index (κ3) is 5.70. The van der Waals surface area contributed by atoms with Crippen molar-refractivity contribution < 1.29 is 9.47 Å². The molecule has 0 spiro atoms. The van der Waals surface area contributed by atoms with Crippen molar-refractivity contribution in [3.05, 3.63) is 17.6 Å². The fourth-order valence-corrected chi connectivity index (χ4v) is 3.11. The van der Waals surface area contributed by atoms with Crippen LogP contribution in [-0.4, -0.2) is 42.9 Å². The zero-order valence-corrected chi connectivity index (χ0v) is 15.7. The molecule has 138 valence electrons. The first kappa shape index (κ1) is 21.4. The van der Waals surface area contributed by atoms with Gasteiger partial charge in [-0.3, -0.25) is 0 Å². The highest BCUT2D eigenvalue weighted by Crippen LogP contribution is 2.35. The molecule has 2 fully saturated rings. The fraction of sp³-hybridized carbons (Fsp3) is 0.750. The Morgan fingerprint density at radius 3 is 2.58 bits per heavy atom. The van der Waals surface area contributed by atoms with Gasteiger partial charge < -0.3 is 20.5 Å². The molecule has 2 heterocycles. The smallest absolute Gasteiger partial charge is 0.156 e. The van der Waals surface area contributed by atoms with E-state index in [2.05, 4.69) is 21.4 Å². The lowest BCUT2D eigenvalue weighted by molar-refractivity contribution is 0.0699. The molecule has 0 bridgehead atoms. The van der Waals surface area contributed by atoms with Crippen LogP contribution in [0.5, 0.6) is 0 Å². The largest absolute Gasteiger partial charge is 0.381 e. The van der Waals surface area contributed by atoms with E-state index in [4.69, 9.17) is 15.2 Å². The van der Waals surface area contributed by atoms with Gasteiger partial charge in [-0.2, -0.15) is 0 Å². The minimum absolute atomic E-state index is 0. The molecule has 24 heavy (non-hydrogen) atoms. The normalized spacial score (nSPS) is 23.6. The summed E-state index contributed by atoms with van der Waals surface area (Å²) in [7, 11) is 1.67. The Morgan fingerprint density at radius 2 is 1.96 bits per heavy atom. The minimum Gasteiger partial charge on any atom is -0.381 e. The minimum atomic E-state index is 0. The van der Waals surface area contributed by atoms with Gasteiger partial charge in [-0.05, 0) is 31.6 Å². The summed E-state index contributed by atoms with van der Waals surface area (Å²) in [6.07, 6.45) is 4.27. The first-order valence-corrected chi connectivity index (χ1v) is 8.18. The van der Waals surface area contributed by atoms with Gasteiger partial charge in [0.15, 0.2) is 5.82 Å². The van der Waals surface area contributed by atoms with E-state index in [1.807, 2.05) is 0 Å². The molecule has 1 saturated heterocycles. The number of nitrogens with zero attached hydrogens (tertiary/aromatic N) is 2. The van der Waals surface area contributed by atoms with E-state index in [0.29, 0.717) is 24.5 Å². The molecule has 1 saturated carbocycles. The maximum absolute atomic E-state index is 5.90. The molecule has 1 aliphatic carbocycles. The number of nitrogens with two attached hydrogens (primary N) is 1. The van der Waals surface area contributed by atoms with Crippen molar-refractivity contribution in [2.75, 3.05) is 32.2 Å². The number of nitrogens with one attached hydrogen (secondary N) is 1. The Balaban J connectivity index is 0.00000144. The van der Waals surface area contributed by atoms with Crippen molar-refractivity contribution in [1.29, 1.82) is 0 Å². The van der Waals surface area contributed by atoms with Gasteiger partial charge in [0.2, 0.25) is 0 Å². The van der Waals surface area contributed by atoms with E-state index in [-0.39, 0.29) is 24.8 Å². The first-order chi connectivity index (χ1) is 10.7. The molecule has 2 aliphatic rings. The average Bonchev–Trinajstić information content (AvgIpc) is 2.51. The van der Waals surface area contributed by atoms with E-state index < -0.39 is 0 Å². The van der Waals surface area contributed by atoms with Crippen molar-refractivity contribution in [3.63, 3.8) is 0 Å². The zero-order valence-electron chi connectivity index (χ0n) is 14.1. The maximum atomic E-state index is 5.90. The van der Waals surface area contributed by atoms with E-state index in [9.17, 15) is 0 Å². The summed E-state index contributed by atoms with van der Waals surface area (Å²) in [5.41, 5.74) is 7.00. The van der Waals surface area contributed by atoms with Gasteiger partial charge in [-0.1, -0.05) is 0 Å². The molecular weight excluding hydrogens is 351 g/mol. The molecular formula is C16H28Cl2N4O2. The predicted molar refractivity (Wildman–Crippen MR) is 99.2 cm³/mol. The van der Waals surface area contributed by atoms with Crippen LogP contribution in [0.4, 0.5) is 5.82 Å². The SMILES string of the molecule is COCc1nc(NCC2CCOCC2)cc(C2CC(N)C2)n1.Cl.Cl. The molecule has 0 aromatic carbocycles. The second-order valence-electron chi connectivity index (χ2n) is 6.39. The van der Waals surface area contributed by atoms with Crippen LogP contribution in [0.3, 0.4) is 0 Å². The molecule has 0 amide bonds. The van der Waals surface area contributed by atoms with Crippen molar-refractivity contribution in [1.82, 2.24) is 9.97 Å². The molecule has 8 heteroatoms. The summed E-state index contributed by atoms with van der Waals surface area (Å²) in [6.45, 7) is 3.13. The summed E-state index contributed by atoms with van der Waals surface area (Å²) < 4.78 is 10.6. The number of anilines is 1. The number of hydrogen-bond acceptors (Lipinski definition) is 6. The Labute approximate surface area is 156 Å². The molecule has 0 radical (unpaired) electrons. The summed E-state index contributed by atoms with van der Waals surface area (Å²) in [4.78, 5) is 9.18. The third-order valence-electron chi connectivity index (χ3n) is 4.57. The molecule has 1 aromatic heterocycles. The lowest BCUT2D eigenvalue weighted by Gasteiger charge is -2.32. The maximum Gasteiger partial charge on any atom is 0.156 e. The van der Waals surface area contributed by atoms with Crippen LogP contribution in [-0.2, 0) is 16.1 Å². The van der Waals surface area contributed by atoms with Crippen molar-refractivity contribution >= 4 is 30.6 Å². The van der Waals surface area contributed by atoms with E-state index >= 15 is 0 Å². The van der Waals surface area contributed by atoms with Crippen LogP contribution in [0.15, 0.2) is 6.07 Å². The number of rotatable bonds is 6. The Morgan fingerprint density at radius 1 is 1.25 bits per heavy atom. The first-order valence-electron chi connectivity index (χ1n) is 8.18. The van der Waals surface area contributed by atoms with Crippen molar-refractivity contribution in [2.45, 2.75) is 44.2 Å². The van der Waals surface area contributed by atoms with Gasteiger partial charge in [0.25, 0.3) is 0 Å².